The predicted octanol–water partition coefficient (Wildman–Crippen LogP) is 1.95. The Hall–Kier alpha value is -1.87. The molecule has 0 bridgehead atoms. The van der Waals surface area contributed by atoms with E-state index >= 15 is 0 Å². The fourth-order valence-electron chi connectivity index (χ4n) is 1.46. The lowest BCUT2D eigenvalue weighted by Crippen LogP contribution is -1.90. The molecular formula is C12H11NO2. The first kappa shape index (κ1) is 9.68. The Bertz CT molecular complexity index is 454. The van der Waals surface area contributed by atoms with Gasteiger partial charge in [0.05, 0.1) is 12.3 Å². The molecule has 0 saturated heterocycles. The van der Waals surface area contributed by atoms with E-state index in [1.807, 2.05) is 18.2 Å². The zero-order chi connectivity index (χ0) is 10.7. The monoisotopic (exact) mass is 201 g/mol. The molecule has 15 heavy (non-hydrogen) atoms. The first-order valence-corrected chi connectivity index (χ1v) is 4.65. The van der Waals surface area contributed by atoms with Crippen molar-refractivity contribution in [3.63, 3.8) is 0 Å². The summed E-state index contributed by atoms with van der Waals surface area (Å²) in [6, 6.07) is 10.4. The van der Waals surface area contributed by atoms with E-state index in [-0.39, 0.29) is 12.4 Å². The molecule has 76 valence electrons. The highest BCUT2D eigenvalue weighted by Gasteiger charge is 2.05. The van der Waals surface area contributed by atoms with Crippen LogP contribution in [0, 0.1) is 0 Å². The van der Waals surface area contributed by atoms with Gasteiger partial charge >= 0.3 is 0 Å². The summed E-state index contributed by atoms with van der Waals surface area (Å²) in [6.45, 7) is -0.0633. The Morgan fingerprint density at radius 2 is 2.00 bits per heavy atom. The summed E-state index contributed by atoms with van der Waals surface area (Å²) in [7, 11) is 0. The van der Waals surface area contributed by atoms with Crippen molar-refractivity contribution in [3.8, 4) is 17.0 Å². The van der Waals surface area contributed by atoms with Crippen molar-refractivity contribution in [2.45, 2.75) is 6.61 Å². The van der Waals surface area contributed by atoms with E-state index < -0.39 is 0 Å². The molecule has 0 spiro atoms. The van der Waals surface area contributed by atoms with E-state index in [9.17, 15) is 5.11 Å². The highest BCUT2D eigenvalue weighted by Crippen LogP contribution is 2.25. The van der Waals surface area contributed by atoms with Crippen molar-refractivity contribution in [1.82, 2.24) is 4.98 Å². The highest BCUT2D eigenvalue weighted by molar-refractivity contribution is 5.65. The van der Waals surface area contributed by atoms with Crippen molar-refractivity contribution in [1.29, 1.82) is 0 Å². The number of pyridine rings is 1. The summed E-state index contributed by atoms with van der Waals surface area (Å²) in [5.41, 5.74) is 2.27. The Labute approximate surface area is 87.7 Å². The van der Waals surface area contributed by atoms with Gasteiger partial charge in [-0.15, -0.1) is 0 Å². The summed E-state index contributed by atoms with van der Waals surface area (Å²) < 4.78 is 0. The van der Waals surface area contributed by atoms with Crippen LogP contribution in [0.15, 0.2) is 42.6 Å². The van der Waals surface area contributed by atoms with Crippen molar-refractivity contribution in [2.24, 2.45) is 0 Å². The molecule has 1 heterocycles. The van der Waals surface area contributed by atoms with Crippen LogP contribution in [0.3, 0.4) is 0 Å². The molecule has 2 N–H and O–H groups in total. The number of benzene rings is 1. The molecule has 0 aliphatic carbocycles. The summed E-state index contributed by atoms with van der Waals surface area (Å²) in [5.74, 6) is 0.174. The minimum atomic E-state index is -0.0633. The van der Waals surface area contributed by atoms with E-state index in [2.05, 4.69) is 4.98 Å². The molecule has 0 radical (unpaired) electrons. The minimum Gasteiger partial charge on any atom is -0.508 e. The van der Waals surface area contributed by atoms with Crippen LogP contribution >= 0.6 is 0 Å². The zero-order valence-corrected chi connectivity index (χ0v) is 8.09. The summed E-state index contributed by atoms with van der Waals surface area (Å²) >= 11 is 0. The molecule has 1 aromatic carbocycles. The second kappa shape index (κ2) is 4.11. The molecule has 0 saturated carbocycles. The van der Waals surface area contributed by atoms with Crippen LogP contribution in [-0.2, 0) is 6.61 Å². The maximum Gasteiger partial charge on any atom is 0.116 e. The minimum absolute atomic E-state index is 0.0633. The van der Waals surface area contributed by atoms with Crippen LogP contribution in [-0.4, -0.2) is 15.2 Å². The summed E-state index contributed by atoms with van der Waals surface area (Å²) in [5, 5.41) is 18.5. The maximum absolute atomic E-state index is 9.38. The molecular weight excluding hydrogens is 190 g/mol. The Balaban J connectivity index is 2.56. The number of aromatic hydroxyl groups is 1. The molecule has 0 aliphatic heterocycles. The van der Waals surface area contributed by atoms with Gasteiger partial charge in [0.2, 0.25) is 0 Å². The van der Waals surface area contributed by atoms with Gasteiger partial charge in [0.1, 0.15) is 5.75 Å². The fraction of sp³-hybridized carbons (Fsp3) is 0.0833. The van der Waals surface area contributed by atoms with E-state index in [0.29, 0.717) is 0 Å². The van der Waals surface area contributed by atoms with Gasteiger partial charge in [-0.1, -0.05) is 12.1 Å². The number of nitrogens with zero attached hydrogens (tertiary/aromatic N) is 1. The van der Waals surface area contributed by atoms with E-state index in [4.69, 9.17) is 5.11 Å². The predicted molar refractivity (Wildman–Crippen MR) is 57.3 cm³/mol. The van der Waals surface area contributed by atoms with Crippen LogP contribution in [0.2, 0.25) is 0 Å². The smallest absolute Gasteiger partial charge is 0.116 e. The largest absolute Gasteiger partial charge is 0.508 e. The molecule has 0 aliphatic rings. The maximum atomic E-state index is 9.38. The third kappa shape index (κ3) is 1.97. The molecule has 0 atom stereocenters. The van der Waals surface area contributed by atoms with Crippen LogP contribution in [0.4, 0.5) is 0 Å². The number of hydrogen-bond acceptors (Lipinski definition) is 3. The summed E-state index contributed by atoms with van der Waals surface area (Å²) in [6.07, 6.45) is 1.68. The van der Waals surface area contributed by atoms with Crippen molar-refractivity contribution >= 4 is 0 Å². The molecule has 0 unspecified atom stereocenters. The first-order valence-electron chi connectivity index (χ1n) is 4.65. The number of aliphatic hydroxyl groups is 1. The Morgan fingerprint density at radius 1 is 1.13 bits per heavy atom. The molecule has 3 heteroatoms. The third-order valence-corrected chi connectivity index (χ3v) is 2.20. The second-order valence-corrected chi connectivity index (χ2v) is 3.21. The lowest BCUT2D eigenvalue weighted by atomic mass is 10.0. The number of aromatic nitrogens is 1. The van der Waals surface area contributed by atoms with Gasteiger partial charge in [-0.25, -0.2) is 0 Å². The van der Waals surface area contributed by atoms with Crippen LogP contribution in [0.5, 0.6) is 5.75 Å². The number of phenols is 1. The van der Waals surface area contributed by atoms with Gasteiger partial charge in [0.15, 0.2) is 0 Å². The first-order chi connectivity index (χ1) is 7.31. The second-order valence-electron chi connectivity index (χ2n) is 3.21. The SMILES string of the molecule is OCc1ccc(O)cc1-c1ccccn1. The lowest BCUT2D eigenvalue weighted by Gasteiger charge is -2.06. The average molecular weight is 201 g/mol. The normalized spacial score (nSPS) is 10.2. The van der Waals surface area contributed by atoms with Crippen molar-refractivity contribution in [2.75, 3.05) is 0 Å². The Morgan fingerprint density at radius 3 is 2.67 bits per heavy atom. The topological polar surface area (TPSA) is 53.4 Å². The molecule has 1 aromatic heterocycles. The van der Waals surface area contributed by atoms with Crippen LogP contribution < -0.4 is 0 Å². The van der Waals surface area contributed by atoms with Gasteiger partial charge in [-0.05, 0) is 29.8 Å². The van der Waals surface area contributed by atoms with E-state index in [0.717, 1.165) is 16.8 Å². The molecule has 3 nitrogen and oxygen atoms in total. The lowest BCUT2D eigenvalue weighted by molar-refractivity contribution is 0.282. The Kier molecular flexibility index (Phi) is 2.65. The van der Waals surface area contributed by atoms with Gasteiger partial charge < -0.3 is 10.2 Å². The van der Waals surface area contributed by atoms with Gasteiger partial charge in [-0.3, -0.25) is 4.98 Å². The van der Waals surface area contributed by atoms with Gasteiger partial charge in [0, 0.05) is 11.8 Å². The van der Waals surface area contributed by atoms with Crippen LogP contribution in [0.1, 0.15) is 5.56 Å². The van der Waals surface area contributed by atoms with E-state index in [1.54, 1.807) is 24.4 Å². The zero-order valence-electron chi connectivity index (χ0n) is 8.09. The van der Waals surface area contributed by atoms with Crippen molar-refractivity contribution < 1.29 is 10.2 Å². The highest BCUT2D eigenvalue weighted by atomic mass is 16.3. The molecule has 2 aromatic rings. The van der Waals surface area contributed by atoms with E-state index in [1.165, 1.54) is 0 Å². The van der Waals surface area contributed by atoms with Crippen LogP contribution in [0.25, 0.3) is 11.3 Å². The standard InChI is InChI=1S/C12H11NO2/c14-8-9-4-5-10(15)7-11(9)12-3-1-2-6-13-12/h1-7,14-15H,8H2. The number of hydrogen-bond donors (Lipinski definition) is 2. The van der Waals surface area contributed by atoms with Gasteiger partial charge in [-0.2, -0.15) is 0 Å². The van der Waals surface area contributed by atoms with Gasteiger partial charge in [0.25, 0.3) is 0 Å². The number of phenolic OH excluding ortho intramolecular Hbond substituents is 1. The molecule has 0 amide bonds. The molecule has 2 rings (SSSR count). The van der Waals surface area contributed by atoms with Crippen molar-refractivity contribution in [3.05, 3.63) is 48.2 Å². The number of rotatable bonds is 2. The molecule has 0 fully saturated rings. The fourth-order valence-corrected chi connectivity index (χ4v) is 1.46. The summed E-state index contributed by atoms with van der Waals surface area (Å²) in [4.78, 5) is 4.18. The average Bonchev–Trinajstić information content (AvgIpc) is 2.30. The third-order valence-electron chi connectivity index (χ3n) is 2.20. The number of aliphatic hydroxyl groups excluding tert-OH is 1. The quantitative estimate of drug-likeness (QED) is 0.780.